The van der Waals surface area contributed by atoms with E-state index in [0.29, 0.717) is 27.8 Å². The molecule has 28 heavy (non-hydrogen) atoms. The van der Waals surface area contributed by atoms with Crippen LogP contribution in [0.2, 0.25) is 0 Å². The molecule has 1 aromatic rings. The van der Waals surface area contributed by atoms with Crippen molar-refractivity contribution in [2.24, 2.45) is 5.92 Å². The molecule has 6 nitrogen and oxygen atoms in total. The second-order valence-electron chi connectivity index (χ2n) is 8.22. The summed E-state index contributed by atoms with van der Waals surface area (Å²) in [6.45, 7) is 8.96. The lowest BCUT2D eigenvalue weighted by molar-refractivity contribution is -0.116. The maximum absolute atomic E-state index is 12.5. The van der Waals surface area contributed by atoms with Gasteiger partial charge in [-0.3, -0.25) is 4.79 Å². The van der Waals surface area contributed by atoms with E-state index in [1.807, 2.05) is 0 Å². The minimum absolute atomic E-state index is 0.144. The number of hydrogen-bond donors (Lipinski definition) is 1. The lowest BCUT2D eigenvalue weighted by Gasteiger charge is -2.19. The summed E-state index contributed by atoms with van der Waals surface area (Å²) in [6.07, 6.45) is 6.10. The standard InChI is InChI=1S/C21H31NO5S/c1-6-26-19(24)16-13(2)17(20(25)27-21(3,4)5)28-18(16)22-15(23)12-11-14-9-7-8-10-14/h14H,6-12H2,1-5H3,(H,22,23). The van der Waals surface area contributed by atoms with Crippen molar-refractivity contribution in [2.45, 2.75) is 78.7 Å². The molecule has 1 aliphatic rings. The highest BCUT2D eigenvalue weighted by Gasteiger charge is 2.29. The SMILES string of the molecule is CCOC(=O)c1c(NC(=O)CCC2CCCC2)sc(C(=O)OC(C)(C)C)c1C. The van der Waals surface area contributed by atoms with E-state index in [2.05, 4.69) is 5.32 Å². The first-order valence-electron chi connectivity index (χ1n) is 9.96. The number of anilines is 1. The van der Waals surface area contributed by atoms with E-state index in [1.165, 1.54) is 25.7 Å². The molecule has 7 heteroatoms. The van der Waals surface area contributed by atoms with Crippen LogP contribution in [0.25, 0.3) is 0 Å². The highest BCUT2D eigenvalue weighted by Crippen LogP contribution is 2.35. The third kappa shape index (κ3) is 6.06. The minimum Gasteiger partial charge on any atom is -0.462 e. The van der Waals surface area contributed by atoms with Gasteiger partial charge in [0.15, 0.2) is 0 Å². The van der Waals surface area contributed by atoms with Crippen LogP contribution in [0.4, 0.5) is 5.00 Å². The van der Waals surface area contributed by atoms with Gasteiger partial charge in [-0.2, -0.15) is 0 Å². The quantitative estimate of drug-likeness (QED) is 0.634. The number of carbonyl (C=O) groups excluding carboxylic acids is 3. The first kappa shape index (κ1) is 22.4. The molecule has 2 rings (SSSR count). The summed E-state index contributed by atoms with van der Waals surface area (Å²) in [6, 6.07) is 0. The Labute approximate surface area is 171 Å². The van der Waals surface area contributed by atoms with E-state index >= 15 is 0 Å². The summed E-state index contributed by atoms with van der Waals surface area (Å²) >= 11 is 1.07. The molecule has 1 aliphatic carbocycles. The second kappa shape index (κ2) is 9.54. The number of nitrogens with one attached hydrogen (secondary N) is 1. The van der Waals surface area contributed by atoms with Crippen LogP contribution >= 0.6 is 11.3 Å². The number of esters is 2. The maximum Gasteiger partial charge on any atom is 0.349 e. The van der Waals surface area contributed by atoms with E-state index in [4.69, 9.17) is 9.47 Å². The average Bonchev–Trinajstić information content (AvgIpc) is 3.19. The van der Waals surface area contributed by atoms with Gasteiger partial charge in [0.05, 0.1) is 12.2 Å². The van der Waals surface area contributed by atoms with E-state index in [0.717, 1.165) is 17.8 Å². The first-order chi connectivity index (χ1) is 13.1. The maximum atomic E-state index is 12.5. The third-order valence-corrected chi connectivity index (χ3v) is 5.91. The lowest BCUT2D eigenvalue weighted by Crippen LogP contribution is -2.23. The smallest absolute Gasteiger partial charge is 0.349 e. The van der Waals surface area contributed by atoms with Crippen molar-refractivity contribution in [2.75, 3.05) is 11.9 Å². The first-order valence-corrected chi connectivity index (χ1v) is 10.8. The van der Waals surface area contributed by atoms with Crippen molar-refractivity contribution in [3.8, 4) is 0 Å². The van der Waals surface area contributed by atoms with Gasteiger partial charge >= 0.3 is 11.9 Å². The summed E-state index contributed by atoms with van der Waals surface area (Å²) in [4.78, 5) is 37.7. The van der Waals surface area contributed by atoms with Crippen LogP contribution in [-0.2, 0) is 14.3 Å². The Hall–Kier alpha value is -1.89. The summed E-state index contributed by atoms with van der Waals surface area (Å²) < 4.78 is 10.6. The van der Waals surface area contributed by atoms with Crippen LogP contribution < -0.4 is 5.32 Å². The number of thiophene rings is 1. The van der Waals surface area contributed by atoms with Crippen LogP contribution in [0.3, 0.4) is 0 Å². The molecule has 0 bridgehead atoms. The molecule has 0 saturated heterocycles. The number of amides is 1. The summed E-state index contributed by atoms with van der Waals surface area (Å²) in [5.41, 5.74) is 0.0631. The van der Waals surface area contributed by atoms with Crippen molar-refractivity contribution in [3.63, 3.8) is 0 Å². The van der Waals surface area contributed by atoms with Gasteiger partial charge in [-0.05, 0) is 52.5 Å². The highest BCUT2D eigenvalue weighted by atomic mass is 32.1. The number of ether oxygens (including phenoxy) is 2. The lowest BCUT2D eigenvalue weighted by atomic mass is 10.0. The monoisotopic (exact) mass is 409 g/mol. The fraction of sp³-hybridized carbons (Fsp3) is 0.667. The highest BCUT2D eigenvalue weighted by molar-refractivity contribution is 7.18. The zero-order chi connectivity index (χ0) is 20.9. The molecular weight excluding hydrogens is 378 g/mol. The topological polar surface area (TPSA) is 81.7 Å². The molecule has 1 amide bonds. The van der Waals surface area contributed by atoms with E-state index in [-0.39, 0.29) is 18.1 Å². The van der Waals surface area contributed by atoms with Crippen LogP contribution in [0.1, 0.15) is 91.8 Å². The molecule has 0 aliphatic heterocycles. The van der Waals surface area contributed by atoms with Crippen molar-refractivity contribution < 1.29 is 23.9 Å². The molecule has 0 spiro atoms. The largest absolute Gasteiger partial charge is 0.462 e. The van der Waals surface area contributed by atoms with E-state index in [1.54, 1.807) is 34.6 Å². The van der Waals surface area contributed by atoms with Crippen LogP contribution in [-0.4, -0.2) is 30.1 Å². The van der Waals surface area contributed by atoms with Gasteiger partial charge in [0.2, 0.25) is 5.91 Å². The van der Waals surface area contributed by atoms with Gasteiger partial charge < -0.3 is 14.8 Å². The van der Waals surface area contributed by atoms with E-state index in [9.17, 15) is 14.4 Å². The number of rotatable bonds is 7. The molecule has 1 fully saturated rings. The molecule has 1 aromatic heterocycles. The molecule has 0 aromatic carbocycles. The third-order valence-electron chi connectivity index (χ3n) is 4.72. The molecule has 0 radical (unpaired) electrons. The zero-order valence-corrected chi connectivity index (χ0v) is 18.3. The minimum atomic E-state index is -0.650. The fourth-order valence-corrected chi connectivity index (χ4v) is 4.48. The average molecular weight is 410 g/mol. The van der Waals surface area contributed by atoms with Gasteiger partial charge in [-0.15, -0.1) is 11.3 Å². The van der Waals surface area contributed by atoms with Crippen LogP contribution in [0.5, 0.6) is 0 Å². The predicted molar refractivity (Wildman–Crippen MR) is 110 cm³/mol. The summed E-state index contributed by atoms with van der Waals surface area (Å²) in [7, 11) is 0. The fourth-order valence-electron chi connectivity index (χ4n) is 3.39. The van der Waals surface area contributed by atoms with Crippen molar-refractivity contribution in [1.82, 2.24) is 0 Å². The molecular formula is C21H31NO5S. The van der Waals surface area contributed by atoms with Gasteiger partial charge in [0.1, 0.15) is 15.5 Å². The Bertz CT molecular complexity index is 726. The molecule has 156 valence electrons. The van der Waals surface area contributed by atoms with Crippen molar-refractivity contribution in [1.29, 1.82) is 0 Å². The van der Waals surface area contributed by atoms with Gasteiger partial charge in [0.25, 0.3) is 0 Å². The Morgan fingerprint density at radius 3 is 2.36 bits per heavy atom. The summed E-state index contributed by atoms with van der Waals surface area (Å²) in [5.74, 6) is -0.587. The Morgan fingerprint density at radius 1 is 1.14 bits per heavy atom. The van der Waals surface area contributed by atoms with Crippen molar-refractivity contribution >= 4 is 34.2 Å². The van der Waals surface area contributed by atoms with Crippen molar-refractivity contribution in [3.05, 3.63) is 16.0 Å². The number of carbonyl (C=O) groups is 3. The molecule has 0 unspecified atom stereocenters. The Morgan fingerprint density at radius 2 is 1.79 bits per heavy atom. The normalized spacial score (nSPS) is 14.8. The zero-order valence-electron chi connectivity index (χ0n) is 17.5. The Balaban J connectivity index is 2.20. The van der Waals surface area contributed by atoms with E-state index < -0.39 is 17.5 Å². The van der Waals surface area contributed by atoms with Crippen LogP contribution in [0.15, 0.2) is 0 Å². The second-order valence-corrected chi connectivity index (χ2v) is 9.24. The summed E-state index contributed by atoms with van der Waals surface area (Å²) in [5, 5.41) is 3.18. The van der Waals surface area contributed by atoms with Gasteiger partial charge in [-0.1, -0.05) is 25.7 Å². The predicted octanol–water partition coefficient (Wildman–Crippen LogP) is 5.10. The van der Waals surface area contributed by atoms with Gasteiger partial charge in [0, 0.05) is 6.42 Å². The molecule has 0 atom stereocenters. The molecule has 1 heterocycles. The Kier molecular flexibility index (Phi) is 7.63. The molecule has 1 saturated carbocycles. The molecule has 1 N–H and O–H groups in total. The van der Waals surface area contributed by atoms with Gasteiger partial charge in [-0.25, -0.2) is 9.59 Å². The van der Waals surface area contributed by atoms with Crippen LogP contribution in [0, 0.1) is 12.8 Å². The number of hydrogen-bond acceptors (Lipinski definition) is 6.